The molecule has 1 atom stereocenters. The van der Waals surface area contributed by atoms with Gasteiger partial charge in [0.25, 0.3) is 0 Å². The fraction of sp³-hybridized carbons (Fsp3) is 0.588. The molecule has 2 aromatic rings. The number of alkyl halides is 3. The average molecular weight is 397 g/mol. The Kier molecular flexibility index (Phi) is 4.66. The molecule has 0 aromatic carbocycles. The Hall–Kier alpha value is -2.40. The maximum atomic E-state index is 13.0. The van der Waals surface area contributed by atoms with Gasteiger partial charge >= 0.3 is 6.18 Å². The van der Waals surface area contributed by atoms with E-state index in [2.05, 4.69) is 25.3 Å². The highest BCUT2D eigenvalue weighted by atomic mass is 19.4. The number of nitrogens with one attached hydrogen (secondary N) is 1. The summed E-state index contributed by atoms with van der Waals surface area (Å²) in [6.07, 6.45) is -1.97. The summed E-state index contributed by atoms with van der Waals surface area (Å²) in [4.78, 5) is 10.1. The number of likely N-dealkylation sites (tertiary alicyclic amines) is 1. The summed E-state index contributed by atoms with van der Waals surface area (Å²) in [5.41, 5.74) is 5.81. The average Bonchev–Trinajstić information content (AvgIpc) is 3.11. The molecule has 2 aliphatic heterocycles. The maximum absolute atomic E-state index is 13.0. The molecular formula is C17H22F3N7O. The lowest BCUT2D eigenvalue weighted by atomic mass is 10.2. The molecule has 0 saturated carbocycles. The SMILES string of the molecule is Cc1nc(Nc2cnn([C@H]3CCN(C4COC4)C3)c2C)nc(N)c1C(F)(F)F. The van der Waals surface area contributed by atoms with Crippen LogP contribution in [0.1, 0.15) is 29.4 Å². The van der Waals surface area contributed by atoms with Crippen molar-refractivity contribution in [2.24, 2.45) is 0 Å². The number of nitrogens with two attached hydrogens (primary N) is 1. The van der Waals surface area contributed by atoms with Gasteiger partial charge in [-0.1, -0.05) is 0 Å². The van der Waals surface area contributed by atoms with E-state index in [9.17, 15) is 13.2 Å². The summed E-state index contributed by atoms with van der Waals surface area (Å²) < 4.78 is 46.3. The Morgan fingerprint density at radius 1 is 1.21 bits per heavy atom. The molecule has 8 nitrogen and oxygen atoms in total. The van der Waals surface area contributed by atoms with Crippen LogP contribution in [0.25, 0.3) is 0 Å². The van der Waals surface area contributed by atoms with Crippen molar-refractivity contribution < 1.29 is 17.9 Å². The highest BCUT2D eigenvalue weighted by Crippen LogP contribution is 2.35. The molecule has 3 N–H and O–H groups in total. The summed E-state index contributed by atoms with van der Waals surface area (Å²) in [7, 11) is 0. The molecule has 0 bridgehead atoms. The first-order valence-corrected chi connectivity index (χ1v) is 9.08. The van der Waals surface area contributed by atoms with E-state index in [1.54, 1.807) is 6.20 Å². The zero-order chi connectivity index (χ0) is 20.1. The quantitative estimate of drug-likeness (QED) is 0.817. The number of rotatable bonds is 4. The van der Waals surface area contributed by atoms with Gasteiger partial charge in [0, 0.05) is 13.1 Å². The minimum absolute atomic E-state index is 0.0188. The molecule has 152 valence electrons. The lowest BCUT2D eigenvalue weighted by molar-refractivity contribution is -0.137. The van der Waals surface area contributed by atoms with Gasteiger partial charge in [-0.05, 0) is 20.3 Å². The second-order valence-corrected chi connectivity index (χ2v) is 7.23. The Morgan fingerprint density at radius 3 is 2.57 bits per heavy atom. The van der Waals surface area contributed by atoms with Crippen molar-refractivity contribution in [3.8, 4) is 0 Å². The van der Waals surface area contributed by atoms with Crippen LogP contribution in [0.3, 0.4) is 0 Å². The van der Waals surface area contributed by atoms with Crippen LogP contribution in [0.2, 0.25) is 0 Å². The number of hydrogen-bond acceptors (Lipinski definition) is 7. The molecule has 4 heterocycles. The van der Waals surface area contributed by atoms with E-state index in [1.165, 1.54) is 6.92 Å². The van der Waals surface area contributed by atoms with E-state index in [4.69, 9.17) is 10.5 Å². The first-order chi connectivity index (χ1) is 13.2. The summed E-state index contributed by atoms with van der Waals surface area (Å²) in [5.74, 6) is -0.577. The van der Waals surface area contributed by atoms with Gasteiger partial charge in [-0.15, -0.1) is 0 Å². The normalized spacial score (nSPS) is 21.1. The zero-order valence-corrected chi connectivity index (χ0v) is 15.6. The van der Waals surface area contributed by atoms with Crippen LogP contribution in [0.5, 0.6) is 0 Å². The van der Waals surface area contributed by atoms with Crippen LogP contribution in [0, 0.1) is 13.8 Å². The Bertz CT molecular complexity index is 855. The molecule has 0 aliphatic carbocycles. The van der Waals surface area contributed by atoms with Gasteiger partial charge in [0.2, 0.25) is 5.95 Å². The van der Waals surface area contributed by atoms with E-state index in [-0.39, 0.29) is 17.7 Å². The predicted molar refractivity (Wildman–Crippen MR) is 96.3 cm³/mol. The highest BCUT2D eigenvalue weighted by Gasteiger charge is 2.37. The number of hydrogen-bond donors (Lipinski definition) is 2. The molecule has 2 aromatic heterocycles. The van der Waals surface area contributed by atoms with Crippen LogP contribution in [-0.2, 0) is 10.9 Å². The second kappa shape index (κ2) is 6.89. The molecule has 28 heavy (non-hydrogen) atoms. The van der Waals surface area contributed by atoms with Gasteiger partial charge in [-0.2, -0.15) is 23.3 Å². The Labute approximate surface area is 159 Å². The van der Waals surface area contributed by atoms with E-state index >= 15 is 0 Å². The minimum Gasteiger partial charge on any atom is -0.383 e. The van der Waals surface area contributed by atoms with Crippen molar-refractivity contribution >= 4 is 17.5 Å². The standard InChI is InChI=1S/C17H22F3N7O/c1-9-14(17(18,19)20)15(21)25-16(23-9)24-13-5-22-27(10(13)2)11-3-4-26(6-11)12-7-28-8-12/h5,11-12H,3-4,6-8H2,1-2H3,(H3,21,23,24,25)/t11-/m0/s1. The number of aryl methyl sites for hydroxylation is 1. The molecule has 2 saturated heterocycles. The number of nitrogens with zero attached hydrogens (tertiary/aromatic N) is 5. The summed E-state index contributed by atoms with van der Waals surface area (Å²) in [6, 6.07) is 0.737. The monoisotopic (exact) mass is 397 g/mol. The first-order valence-electron chi connectivity index (χ1n) is 9.08. The van der Waals surface area contributed by atoms with Crippen LogP contribution < -0.4 is 11.1 Å². The smallest absolute Gasteiger partial charge is 0.383 e. The summed E-state index contributed by atoms with van der Waals surface area (Å²) in [5, 5.41) is 7.41. The number of nitrogen functional groups attached to an aromatic ring is 1. The first kappa shape index (κ1) is 18.9. The molecular weight excluding hydrogens is 375 g/mol. The van der Waals surface area contributed by atoms with E-state index in [0.29, 0.717) is 11.7 Å². The molecule has 0 radical (unpaired) electrons. The van der Waals surface area contributed by atoms with Gasteiger partial charge in [0.15, 0.2) is 0 Å². The van der Waals surface area contributed by atoms with Crippen LogP contribution in [0.4, 0.5) is 30.6 Å². The fourth-order valence-corrected chi connectivity index (χ4v) is 3.77. The molecule has 4 rings (SSSR count). The van der Waals surface area contributed by atoms with Crippen molar-refractivity contribution in [3.05, 3.63) is 23.1 Å². The third-order valence-electron chi connectivity index (χ3n) is 5.37. The molecule has 11 heteroatoms. The summed E-state index contributed by atoms with van der Waals surface area (Å²) >= 11 is 0. The van der Waals surface area contributed by atoms with Gasteiger partial charge < -0.3 is 15.8 Å². The van der Waals surface area contributed by atoms with Gasteiger partial charge in [0.05, 0.1) is 48.6 Å². The maximum Gasteiger partial charge on any atom is 0.421 e. The largest absolute Gasteiger partial charge is 0.421 e. The van der Waals surface area contributed by atoms with Gasteiger partial charge in [-0.25, -0.2) is 4.98 Å². The van der Waals surface area contributed by atoms with Crippen LogP contribution in [-0.4, -0.2) is 57.0 Å². The Balaban J connectivity index is 1.51. The van der Waals surface area contributed by atoms with Crippen LogP contribution in [0.15, 0.2) is 6.20 Å². The highest BCUT2D eigenvalue weighted by molar-refractivity contribution is 5.58. The van der Waals surface area contributed by atoms with E-state index < -0.39 is 17.6 Å². The molecule has 0 unspecified atom stereocenters. The molecule has 2 aliphatic rings. The zero-order valence-electron chi connectivity index (χ0n) is 15.6. The second-order valence-electron chi connectivity index (χ2n) is 7.23. The molecule has 0 amide bonds. The number of ether oxygens (including phenoxy) is 1. The number of anilines is 3. The van der Waals surface area contributed by atoms with Crippen molar-refractivity contribution in [3.63, 3.8) is 0 Å². The molecule has 0 spiro atoms. The predicted octanol–water partition coefficient (Wildman–Crippen LogP) is 2.28. The van der Waals surface area contributed by atoms with Gasteiger partial charge in [0.1, 0.15) is 11.4 Å². The molecule has 2 fully saturated rings. The topological polar surface area (TPSA) is 94.1 Å². The Morgan fingerprint density at radius 2 is 1.96 bits per heavy atom. The summed E-state index contributed by atoms with van der Waals surface area (Å²) in [6.45, 7) is 6.63. The van der Waals surface area contributed by atoms with Crippen molar-refractivity contribution in [2.75, 3.05) is 37.4 Å². The third kappa shape index (κ3) is 3.39. The van der Waals surface area contributed by atoms with Crippen molar-refractivity contribution in [1.29, 1.82) is 0 Å². The van der Waals surface area contributed by atoms with E-state index in [0.717, 1.165) is 38.4 Å². The lowest BCUT2D eigenvalue weighted by Gasteiger charge is -2.34. The number of aromatic nitrogens is 4. The fourth-order valence-electron chi connectivity index (χ4n) is 3.77. The van der Waals surface area contributed by atoms with Crippen molar-refractivity contribution in [1.82, 2.24) is 24.6 Å². The van der Waals surface area contributed by atoms with Crippen LogP contribution >= 0.6 is 0 Å². The number of halogens is 3. The van der Waals surface area contributed by atoms with Gasteiger partial charge in [-0.3, -0.25) is 9.58 Å². The lowest BCUT2D eigenvalue weighted by Crippen LogP contribution is -2.47. The third-order valence-corrected chi connectivity index (χ3v) is 5.37. The van der Waals surface area contributed by atoms with E-state index in [1.807, 2.05) is 11.6 Å². The minimum atomic E-state index is -4.59. The van der Waals surface area contributed by atoms with Crippen molar-refractivity contribution in [2.45, 2.75) is 38.5 Å².